The van der Waals surface area contributed by atoms with E-state index in [2.05, 4.69) is 39.0 Å². The lowest BCUT2D eigenvalue weighted by Gasteiger charge is -2.29. The van der Waals surface area contributed by atoms with Crippen molar-refractivity contribution in [2.24, 2.45) is 5.41 Å². The molecule has 0 saturated carbocycles. The first-order chi connectivity index (χ1) is 7.56. The van der Waals surface area contributed by atoms with Crippen molar-refractivity contribution in [1.82, 2.24) is 0 Å². The van der Waals surface area contributed by atoms with E-state index in [1.807, 2.05) is 0 Å². The zero-order valence-corrected chi connectivity index (χ0v) is 11.8. The van der Waals surface area contributed by atoms with Crippen LogP contribution < -0.4 is 0 Å². The quantitative estimate of drug-likeness (QED) is 0.671. The molecule has 0 amide bonds. The Labute approximate surface area is 109 Å². The highest BCUT2D eigenvalue weighted by Gasteiger charge is 2.27. The smallest absolute Gasteiger partial charge is 0.0294 e. The normalized spacial score (nSPS) is 11.8. The van der Waals surface area contributed by atoms with Crippen molar-refractivity contribution in [3.63, 3.8) is 0 Å². The standard InChI is InChI=1S/C14H20Cl2/c1-4-14(9-15,10-16)8-13-7-11(2)5-6-12(13)3/h5-7H,4,8-10H2,1-3H3. The summed E-state index contributed by atoms with van der Waals surface area (Å²) in [5.41, 5.74) is 4.05. The number of halogens is 2. The van der Waals surface area contributed by atoms with Crippen LogP contribution in [0.4, 0.5) is 0 Å². The van der Waals surface area contributed by atoms with Crippen LogP contribution >= 0.6 is 23.2 Å². The molecule has 0 aliphatic carbocycles. The van der Waals surface area contributed by atoms with Gasteiger partial charge in [-0.25, -0.2) is 0 Å². The molecule has 0 N–H and O–H groups in total. The highest BCUT2D eigenvalue weighted by molar-refractivity contribution is 6.21. The van der Waals surface area contributed by atoms with Crippen LogP contribution in [0.15, 0.2) is 18.2 Å². The molecule has 90 valence electrons. The Bertz CT molecular complexity index is 332. The number of rotatable bonds is 5. The molecule has 0 aliphatic heterocycles. The zero-order valence-electron chi connectivity index (χ0n) is 10.3. The van der Waals surface area contributed by atoms with Gasteiger partial charge in [0.2, 0.25) is 0 Å². The van der Waals surface area contributed by atoms with Crippen molar-refractivity contribution in [2.45, 2.75) is 33.6 Å². The predicted octanol–water partition coefficient (Wildman–Crippen LogP) is 4.72. The Kier molecular flexibility index (Phi) is 5.14. The number of aryl methyl sites for hydroxylation is 2. The largest absolute Gasteiger partial charge is 0.126 e. The molecule has 1 aromatic carbocycles. The first-order valence-electron chi connectivity index (χ1n) is 5.75. The van der Waals surface area contributed by atoms with E-state index < -0.39 is 0 Å². The third-order valence-corrected chi connectivity index (χ3v) is 4.52. The number of hydrogen-bond donors (Lipinski definition) is 0. The van der Waals surface area contributed by atoms with Crippen molar-refractivity contribution in [3.8, 4) is 0 Å². The Balaban J connectivity index is 2.97. The maximum atomic E-state index is 6.08. The SMILES string of the molecule is CCC(CCl)(CCl)Cc1cc(C)ccc1C. The summed E-state index contributed by atoms with van der Waals surface area (Å²) in [6.45, 7) is 6.44. The second kappa shape index (κ2) is 5.93. The third-order valence-electron chi connectivity index (χ3n) is 3.39. The van der Waals surface area contributed by atoms with E-state index in [-0.39, 0.29) is 5.41 Å². The van der Waals surface area contributed by atoms with Crippen molar-refractivity contribution in [2.75, 3.05) is 11.8 Å². The molecule has 0 atom stereocenters. The van der Waals surface area contributed by atoms with Gasteiger partial charge in [-0.05, 0) is 37.8 Å². The van der Waals surface area contributed by atoms with E-state index in [9.17, 15) is 0 Å². The summed E-state index contributed by atoms with van der Waals surface area (Å²) in [7, 11) is 0. The molecule has 1 aromatic rings. The molecule has 0 radical (unpaired) electrons. The summed E-state index contributed by atoms with van der Waals surface area (Å²) in [6.07, 6.45) is 2.00. The van der Waals surface area contributed by atoms with Crippen LogP contribution in [-0.4, -0.2) is 11.8 Å². The predicted molar refractivity (Wildman–Crippen MR) is 73.8 cm³/mol. The van der Waals surface area contributed by atoms with Gasteiger partial charge in [0, 0.05) is 17.2 Å². The van der Waals surface area contributed by atoms with Crippen LogP contribution in [0.25, 0.3) is 0 Å². The molecule has 16 heavy (non-hydrogen) atoms. The molecule has 0 bridgehead atoms. The van der Waals surface area contributed by atoms with E-state index in [0.717, 1.165) is 12.8 Å². The fourth-order valence-corrected chi connectivity index (χ4v) is 2.69. The Morgan fingerprint density at radius 3 is 2.25 bits per heavy atom. The molecule has 0 spiro atoms. The Morgan fingerprint density at radius 1 is 1.12 bits per heavy atom. The molecule has 2 heteroatoms. The van der Waals surface area contributed by atoms with Gasteiger partial charge in [0.1, 0.15) is 0 Å². The van der Waals surface area contributed by atoms with E-state index in [1.54, 1.807) is 0 Å². The van der Waals surface area contributed by atoms with Gasteiger partial charge in [0.25, 0.3) is 0 Å². The number of hydrogen-bond acceptors (Lipinski definition) is 0. The van der Waals surface area contributed by atoms with Crippen molar-refractivity contribution in [1.29, 1.82) is 0 Å². The first kappa shape index (κ1) is 13.9. The minimum atomic E-state index is 0.0433. The monoisotopic (exact) mass is 258 g/mol. The van der Waals surface area contributed by atoms with E-state index >= 15 is 0 Å². The molecule has 0 unspecified atom stereocenters. The fraction of sp³-hybridized carbons (Fsp3) is 0.571. The Morgan fingerprint density at radius 2 is 1.75 bits per heavy atom. The molecule has 0 fully saturated rings. The highest BCUT2D eigenvalue weighted by Crippen LogP contribution is 2.31. The molecule has 0 heterocycles. The summed E-state index contributed by atoms with van der Waals surface area (Å²) >= 11 is 12.2. The summed E-state index contributed by atoms with van der Waals surface area (Å²) in [4.78, 5) is 0. The van der Waals surface area contributed by atoms with Crippen LogP contribution in [0.2, 0.25) is 0 Å². The second-order valence-corrected chi connectivity index (χ2v) is 5.26. The number of benzene rings is 1. The van der Waals surface area contributed by atoms with Crippen LogP contribution in [0, 0.1) is 19.3 Å². The average molecular weight is 259 g/mol. The van der Waals surface area contributed by atoms with Crippen molar-refractivity contribution >= 4 is 23.2 Å². The lowest BCUT2D eigenvalue weighted by molar-refractivity contribution is 0.361. The first-order valence-corrected chi connectivity index (χ1v) is 6.82. The van der Waals surface area contributed by atoms with Gasteiger partial charge < -0.3 is 0 Å². The fourth-order valence-electron chi connectivity index (χ4n) is 1.84. The van der Waals surface area contributed by atoms with Gasteiger partial charge in [-0.15, -0.1) is 23.2 Å². The van der Waals surface area contributed by atoms with Crippen LogP contribution in [0.1, 0.15) is 30.0 Å². The van der Waals surface area contributed by atoms with Gasteiger partial charge in [0.15, 0.2) is 0 Å². The van der Waals surface area contributed by atoms with E-state index in [0.29, 0.717) is 11.8 Å². The summed E-state index contributed by atoms with van der Waals surface area (Å²) in [6, 6.07) is 6.57. The molecule has 0 aliphatic rings. The second-order valence-electron chi connectivity index (χ2n) is 4.73. The number of alkyl halides is 2. The summed E-state index contributed by atoms with van der Waals surface area (Å²) < 4.78 is 0. The summed E-state index contributed by atoms with van der Waals surface area (Å²) in [5.74, 6) is 1.25. The zero-order chi connectivity index (χ0) is 12.2. The van der Waals surface area contributed by atoms with Crippen LogP contribution in [0.3, 0.4) is 0 Å². The molecule has 0 saturated heterocycles. The third kappa shape index (κ3) is 3.15. The van der Waals surface area contributed by atoms with Crippen LogP contribution in [-0.2, 0) is 6.42 Å². The lowest BCUT2D eigenvalue weighted by atomic mass is 9.81. The van der Waals surface area contributed by atoms with Gasteiger partial charge >= 0.3 is 0 Å². The molecular formula is C14H20Cl2. The minimum absolute atomic E-state index is 0.0433. The average Bonchev–Trinajstić information content (AvgIpc) is 2.31. The molecule has 1 rings (SSSR count). The molecule has 0 aromatic heterocycles. The van der Waals surface area contributed by atoms with Gasteiger partial charge in [-0.1, -0.05) is 30.7 Å². The van der Waals surface area contributed by atoms with Crippen molar-refractivity contribution in [3.05, 3.63) is 34.9 Å². The highest BCUT2D eigenvalue weighted by atomic mass is 35.5. The Hall–Kier alpha value is -0.200. The van der Waals surface area contributed by atoms with E-state index in [4.69, 9.17) is 23.2 Å². The summed E-state index contributed by atoms with van der Waals surface area (Å²) in [5, 5.41) is 0. The van der Waals surface area contributed by atoms with Crippen molar-refractivity contribution < 1.29 is 0 Å². The maximum absolute atomic E-state index is 6.08. The van der Waals surface area contributed by atoms with Gasteiger partial charge in [-0.2, -0.15) is 0 Å². The topological polar surface area (TPSA) is 0 Å². The molecule has 0 nitrogen and oxygen atoms in total. The van der Waals surface area contributed by atoms with Gasteiger partial charge in [0.05, 0.1) is 0 Å². The lowest BCUT2D eigenvalue weighted by Crippen LogP contribution is -2.27. The van der Waals surface area contributed by atoms with Gasteiger partial charge in [-0.3, -0.25) is 0 Å². The van der Waals surface area contributed by atoms with Crippen LogP contribution in [0.5, 0.6) is 0 Å². The van der Waals surface area contributed by atoms with E-state index in [1.165, 1.54) is 16.7 Å². The maximum Gasteiger partial charge on any atom is 0.0294 e. The molecular weight excluding hydrogens is 239 g/mol. The minimum Gasteiger partial charge on any atom is -0.126 e.